The molecule has 6 atom stereocenters. The molecule has 1 heteroatoms. The fourth-order valence-electron chi connectivity index (χ4n) is 6.61. The van der Waals surface area contributed by atoms with Gasteiger partial charge in [-0.3, -0.25) is 4.79 Å². The first-order valence-electron chi connectivity index (χ1n) is 8.74. The van der Waals surface area contributed by atoms with Crippen molar-refractivity contribution in [1.29, 1.82) is 0 Å². The average Bonchev–Trinajstić information content (AvgIpc) is 2.74. The minimum Gasteiger partial charge on any atom is -0.299 e. The molecule has 4 aliphatic rings. The summed E-state index contributed by atoms with van der Waals surface area (Å²) in [6.45, 7) is 4.86. The van der Waals surface area contributed by atoms with Crippen LogP contribution in [-0.4, -0.2) is 5.78 Å². The van der Waals surface area contributed by atoms with Gasteiger partial charge < -0.3 is 0 Å². The Balaban J connectivity index is 1.68. The van der Waals surface area contributed by atoms with Crippen molar-refractivity contribution in [2.24, 2.45) is 34.5 Å². The molecule has 3 fully saturated rings. The molecule has 110 valence electrons. The Bertz CT molecular complexity index is 464. The molecule has 0 aromatic carbocycles. The summed E-state index contributed by atoms with van der Waals surface area (Å²) in [6, 6.07) is 0. The molecule has 0 bridgehead atoms. The van der Waals surface area contributed by atoms with Crippen LogP contribution in [0.2, 0.25) is 0 Å². The molecule has 0 radical (unpaired) electrons. The Labute approximate surface area is 123 Å². The number of rotatable bonds is 0. The summed E-state index contributed by atoms with van der Waals surface area (Å²) in [5.74, 6) is 3.92. The standard InChI is InChI=1S/C19H28O/c1-18-11-4-3-5-13(18)6-7-14-15-8-9-17(20)19(15,2)12-10-16(14)18/h3-4,13-16H,5-12H2,1-2H3/t13?,14-,15-,16-,18-,19-/m0/s1. The van der Waals surface area contributed by atoms with E-state index < -0.39 is 0 Å². The second kappa shape index (κ2) is 4.21. The molecule has 0 spiro atoms. The predicted octanol–water partition coefficient (Wildman–Crippen LogP) is 4.76. The number of allylic oxidation sites excluding steroid dienone is 2. The molecule has 4 aliphatic carbocycles. The maximum atomic E-state index is 12.4. The third-order valence-corrected chi connectivity index (χ3v) is 7.92. The van der Waals surface area contributed by atoms with Crippen LogP contribution in [-0.2, 0) is 4.79 Å². The van der Waals surface area contributed by atoms with E-state index >= 15 is 0 Å². The maximum Gasteiger partial charge on any atom is 0.139 e. The second-order valence-electron chi connectivity index (χ2n) is 8.49. The van der Waals surface area contributed by atoms with E-state index in [4.69, 9.17) is 0 Å². The van der Waals surface area contributed by atoms with Crippen LogP contribution in [0.25, 0.3) is 0 Å². The van der Waals surface area contributed by atoms with E-state index in [0.717, 1.165) is 24.2 Å². The van der Waals surface area contributed by atoms with E-state index in [9.17, 15) is 4.79 Å². The molecule has 0 amide bonds. The van der Waals surface area contributed by atoms with Crippen molar-refractivity contribution in [2.75, 3.05) is 0 Å². The number of ketones is 1. The first-order chi connectivity index (χ1) is 9.56. The van der Waals surface area contributed by atoms with E-state index in [0.29, 0.717) is 17.1 Å². The van der Waals surface area contributed by atoms with Crippen molar-refractivity contribution in [3.05, 3.63) is 12.2 Å². The van der Waals surface area contributed by atoms with Crippen LogP contribution in [0.15, 0.2) is 12.2 Å². The van der Waals surface area contributed by atoms with Crippen molar-refractivity contribution in [3.8, 4) is 0 Å². The normalized spacial score (nSPS) is 54.2. The third kappa shape index (κ3) is 1.53. The van der Waals surface area contributed by atoms with Gasteiger partial charge in [-0.05, 0) is 74.0 Å². The molecule has 0 N–H and O–H groups in total. The number of hydrogen-bond donors (Lipinski definition) is 0. The van der Waals surface area contributed by atoms with E-state index in [-0.39, 0.29) is 5.41 Å². The van der Waals surface area contributed by atoms with E-state index in [1.165, 1.54) is 44.9 Å². The van der Waals surface area contributed by atoms with Gasteiger partial charge in [0.2, 0.25) is 0 Å². The van der Waals surface area contributed by atoms with Crippen LogP contribution >= 0.6 is 0 Å². The number of hydrogen-bond acceptors (Lipinski definition) is 1. The lowest BCUT2D eigenvalue weighted by Crippen LogP contribution is -2.52. The third-order valence-electron chi connectivity index (χ3n) is 7.92. The van der Waals surface area contributed by atoms with Crippen LogP contribution in [0, 0.1) is 34.5 Å². The summed E-state index contributed by atoms with van der Waals surface area (Å²) < 4.78 is 0. The van der Waals surface area contributed by atoms with Crippen LogP contribution in [0.4, 0.5) is 0 Å². The van der Waals surface area contributed by atoms with Crippen LogP contribution in [0.1, 0.15) is 65.2 Å². The highest BCUT2D eigenvalue weighted by molar-refractivity contribution is 5.87. The van der Waals surface area contributed by atoms with Gasteiger partial charge in [-0.25, -0.2) is 0 Å². The molecule has 0 aliphatic heterocycles. The van der Waals surface area contributed by atoms with Crippen molar-refractivity contribution >= 4 is 5.78 Å². The van der Waals surface area contributed by atoms with E-state index in [1.807, 2.05) is 0 Å². The zero-order valence-electron chi connectivity index (χ0n) is 13.0. The van der Waals surface area contributed by atoms with Crippen molar-refractivity contribution in [2.45, 2.75) is 65.2 Å². The molecule has 1 nitrogen and oxygen atoms in total. The quantitative estimate of drug-likeness (QED) is 0.581. The van der Waals surface area contributed by atoms with Crippen molar-refractivity contribution < 1.29 is 4.79 Å². The smallest absolute Gasteiger partial charge is 0.139 e. The molecule has 0 aromatic heterocycles. The Morgan fingerprint density at radius 3 is 2.75 bits per heavy atom. The minimum atomic E-state index is 0.0505. The van der Waals surface area contributed by atoms with Gasteiger partial charge in [0.05, 0.1) is 0 Å². The Kier molecular flexibility index (Phi) is 2.76. The summed E-state index contributed by atoms with van der Waals surface area (Å²) in [4.78, 5) is 12.4. The summed E-state index contributed by atoms with van der Waals surface area (Å²) in [5, 5.41) is 0. The molecule has 1 unspecified atom stereocenters. The summed E-state index contributed by atoms with van der Waals surface area (Å²) in [6.07, 6.45) is 14.8. The molecule has 0 heterocycles. The zero-order chi connectivity index (χ0) is 14.0. The molecular formula is C19H28O. The second-order valence-corrected chi connectivity index (χ2v) is 8.49. The average molecular weight is 272 g/mol. The molecule has 20 heavy (non-hydrogen) atoms. The monoisotopic (exact) mass is 272 g/mol. The number of carbonyl (C=O) groups excluding carboxylic acids is 1. The summed E-state index contributed by atoms with van der Waals surface area (Å²) in [7, 11) is 0. The SMILES string of the molecule is C[C@]12CC=CCC1CC[C@@H]1[C@@H]2CC[C@]2(C)C(=O)CC[C@@H]12. The number of Topliss-reactive ketones (excluding diaryl/α,β-unsaturated/α-hetero) is 1. The summed E-state index contributed by atoms with van der Waals surface area (Å²) >= 11 is 0. The van der Waals surface area contributed by atoms with Crippen molar-refractivity contribution in [1.82, 2.24) is 0 Å². The van der Waals surface area contributed by atoms with Gasteiger partial charge in [-0.1, -0.05) is 26.0 Å². The largest absolute Gasteiger partial charge is 0.299 e. The fraction of sp³-hybridized carbons (Fsp3) is 0.842. The van der Waals surface area contributed by atoms with Crippen LogP contribution in [0.3, 0.4) is 0 Å². The predicted molar refractivity (Wildman–Crippen MR) is 81.3 cm³/mol. The van der Waals surface area contributed by atoms with Gasteiger partial charge in [-0.2, -0.15) is 0 Å². The topological polar surface area (TPSA) is 17.1 Å². The lowest BCUT2D eigenvalue weighted by molar-refractivity contribution is -0.136. The van der Waals surface area contributed by atoms with Gasteiger partial charge in [-0.15, -0.1) is 0 Å². The van der Waals surface area contributed by atoms with E-state index in [2.05, 4.69) is 26.0 Å². The molecule has 4 rings (SSSR count). The van der Waals surface area contributed by atoms with Gasteiger partial charge in [0.1, 0.15) is 5.78 Å². The highest BCUT2D eigenvalue weighted by atomic mass is 16.1. The fourth-order valence-corrected chi connectivity index (χ4v) is 6.61. The maximum absolute atomic E-state index is 12.4. The highest BCUT2D eigenvalue weighted by Crippen LogP contribution is 2.64. The van der Waals surface area contributed by atoms with Gasteiger partial charge in [0, 0.05) is 11.8 Å². The Morgan fingerprint density at radius 1 is 1.05 bits per heavy atom. The highest BCUT2D eigenvalue weighted by Gasteiger charge is 2.59. The van der Waals surface area contributed by atoms with E-state index in [1.54, 1.807) is 0 Å². The minimum absolute atomic E-state index is 0.0505. The molecule has 0 saturated heterocycles. The van der Waals surface area contributed by atoms with Crippen LogP contribution < -0.4 is 0 Å². The number of fused-ring (bicyclic) bond motifs is 5. The lowest BCUT2D eigenvalue weighted by atomic mass is 9.46. The van der Waals surface area contributed by atoms with Crippen molar-refractivity contribution in [3.63, 3.8) is 0 Å². The van der Waals surface area contributed by atoms with Gasteiger partial charge >= 0.3 is 0 Å². The molecule has 3 saturated carbocycles. The Morgan fingerprint density at radius 2 is 1.90 bits per heavy atom. The lowest BCUT2D eigenvalue weighted by Gasteiger charge is -2.58. The first-order valence-corrected chi connectivity index (χ1v) is 8.74. The Hall–Kier alpha value is -0.590. The summed E-state index contributed by atoms with van der Waals surface area (Å²) in [5.41, 5.74) is 0.583. The first kappa shape index (κ1) is 13.1. The molecular weight excluding hydrogens is 244 g/mol. The van der Waals surface area contributed by atoms with Gasteiger partial charge in [0.25, 0.3) is 0 Å². The number of carbonyl (C=O) groups is 1. The zero-order valence-corrected chi connectivity index (χ0v) is 13.0. The van der Waals surface area contributed by atoms with Crippen LogP contribution in [0.5, 0.6) is 0 Å². The molecule has 0 aromatic rings. The van der Waals surface area contributed by atoms with Gasteiger partial charge in [0.15, 0.2) is 0 Å².